The monoisotopic (exact) mass is 217 g/mol. The number of benzene rings is 1. The molecule has 0 unspecified atom stereocenters. The van der Waals surface area contributed by atoms with E-state index < -0.39 is 0 Å². The molecule has 2 heteroatoms. The van der Waals surface area contributed by atoms with Gasteiger partial charge in [0.15, 0.2) is 0 Å². The highest BCUT2D eigenvalue weighted by atomic mass is 16.1. The first kappa shape index (κ1) is 12.5. The van der Waals surface area contributed by atoms with E-state index in [1.54, 1.807) is 0 Å². The minimum absolute atomic E-state index is 0.0902. The third-order valence-electron chi connectivity index (χ3n) is 2.74. The number of hydrogen-bond donors (Lipinski definition) is 1. The SMILES string of the molecule is C=Cc1ccc(CNC(=O)[C@@H](C)CC)cc1. The first-order valence-corrected chi connectivity index (χ1v) is 5.66. The summed E-state index contributed by atoms with van der Waals surface area (Å²) >= 11 is 0. The van der Waals surface area contributed by atoms with Gasteiger partial charge in [0, 0.05) is 12.5 Å². The largest absolute Gasteiger partial charge is 0.352 e. The molecule has 0 aliphatic carbocycles. The summed E-state index contributed by atoms with van der Waals surface area (Å²) in [4.78, 5) is 11.5. The summed E-state index contributed by atoms with van der Waals surface area (Å²) in [5.74, 6) is 0.211. The van der Waals surface area contributed by atoms with Crippen LogP contribution in [0.1, 0.15) is 31.4 Å². The maximum absolute atomic E-state index is 11.5. The molecule has 1 aromatic rings. The Kier molecular flexibility index (Phi) is 4.77. The molecule has 0 aliphatic heterocycles. The Morgan fingerprint density at radius 3 is 2.56 bits per heavy atom. The Balaban J connectivity index is 2.48. The van der Waals surface area contributed by atoms with E-state index in [9.17, 15) is 4.79 Å². The van der Waals surface area contributed by atoms with Crippen molar-refractivity contribution in [3.05, 3.63) is 42.0 Å². The second kappa shape index (κ2) is 6.11. The van der Waals surface area contributed by atoms with Crippen LogP contribution < -0.4 is 5.32 Å². The maximum Gasteiger partial charge on any atom is 0.223 e. The Morgan fingerprint density at radius 2 is 2.06 bits per heavy atom. The highest BCUT2D eigenvalue weighted by molar-refractivity contribution is 5.78. The van der Waals surface area contributed by atoms with E-state index in [2.05, 4.69) is 11.9 Å². The smallest absolute Gasteiger partial charge is 0.223 e. The van der Waals surface area contributed by atoms with Gasteiger partial charge in [0.1, 0.15) is 0 Å². The van der Waals surface area contributed by atoms with Crippen LogP contribution in [0.2, 0.25) is 0 Å². The van der Waals surface area contributed by atoms with Crippen molar-refractivity contribution in [2.75, 3.05) is 0 Å². The molecule has 0 radical (unpaired) electrons. The lowest BCUT2D eigenvalue weighted by molar-refractivity contribution is -0.124. The van der Waals surface area contributed by atoms with E-state index in [1.165, 1.54) is 0 Å². The lowest BCUT2D eigenvalue weighted by Gasteiger charge is -2.09. The zero-order valence-corrected chi connectivity index (χ0v) is 9.99. The Hall–Kier alpha value is -1.57. The summed E-state index contributed by atoms with van der Waals surface area (Å²) < 4.78 is 0. The molecule has 2 nitrogen and oxygen atoms in total. The van der Waals surface area contributed by atoms with Gasteiger partial charge >= 0.3 is 0 Å². The topological polar surface area (TPSA) is 29.1 Å². The minimum Gasteiger partial charge on any atom is -0.352 e. The van der Waals surface area contributed by atoms with Gasteiger partial charge < -0.3 is 5.32 Å². The number of hydrogen-bond acceptors (Lipinski definition) is 1. The normalized spacial score (nSPS) is 11.9. The summed E-state index contributed by atoms with van der Waals surface area (Å²) in [6, 6.07) is 8.01. The summed E-state index contributed by atoms with van der Waals surface area (Å²) in [6.45, 7) is 8.25. The zero-order valence-electron chi connectivity index (χ0n) is 9.99. The molecule has 0 saturated heterocycles. The number of carbonyl (C=O) groups excluding carboxylic acids is 1. The number of nitrogens with one attached hydrogen (secondary N) is 1. The first-order valence-electron chi connectivity index (χ1n) is 5.66. The highest BCUT2D eigenvalue weighted by Gasteiger charge is 2.08. The fraction of sp³-hybridized carbons (Fsp3) is 0.357. The van der Waals surface area contributed by atoms with Crippen molar-refractivity contribution >= 4 is 12.0 Å². The number of amides is 1. The van der Waals surface area contributed by atoms with Gasteiger partial charge in [0.25, 0.3) is 0 Å². The van der Waals surface area contributed by atoms with E-state index >= 15 is 0 Å². The molecule has 0 aromatic heterocycles. The summed E-state index contributed by atoms with van der Waals surface area (Å²) in [7, 11) is 0. The van der Waals surface area contributed by atoms with E-state index in [0.717, 1.165) is 17.5 Å². The maximum atomic E-state index is 11.5. The number of carbonyl (C=O) groups is 1. The average Bonchev–Trinajstić information content (AvgIpc) is 2.35. The van der Waals surface area contributed by atoms with Crippen molar-refractivity contribution in [1.82, 2.24) is 5.32 Å². The standard InChI is InChI=1S/C14H19NO/c1-4-11(3)14(16)15-10-13-8-6-12(5-2)7-9-13/h5-9,11H,2,4,10H2,1,3H3,(H,15,16)/t11-/m0/s1. The minimum atomic E-state index is 0.0902. The van der Waals surface area contributed by atoms with E-state index in [4.69, 9.17) is 0 Å². The van der Waals surface area contributed by atoms with Crippen LogP contribution >= 0.6 is 0 Å². The molecule has 1 amide bonds. The van der Waals surface area contributed by atoms with E-state index in [1.807, 2.05) is 44.2 Å². The molecule has 0 heterocycles. The average molecular weight is 217 g/mol. The summed E-state index contributed by atoms with van der Waals surface area (Å²) in [6.07, 6.45) is 2.68. The third-order valence-corrected chi connectivity index (χ3v) is 2.74. The van der Waals surface area contributed by atoms with Crippen molar-refractivity contribution in [3.63, 3.8) is 0 Å². The summed E-state index contributed by atoms with van der Waals surface area (Å²) in [5, 5.41) is 2.92. The molecule has 1 N–H and O–H groups in total. The molecule has 1 rings (SSSR count). The molecule has 86 valence electrons. The molecule has 0 spiro atoms. The van der Waals surface area contributed by atoms with Crippen molar-refractivity contribution in [2.24, 2.45) is 5.92 Å². The highest BCUT2D eigenvalue weighted by Crippen LogP contribution is 2.06. The van der Waals surface area contributed by atoms with Crippen molar-refractivity contribution in [2.45, 2.75) is 26.8 Å². The van der Waals surface area contributed by atoms with Gasteiger partial charge in [-0.1, -0.05) is 50.8 Å². The Morgan fingerprint density at radius 1 is 1.44 bits per heavy atom. The van der Waals surface area contributed by atoms with Crippen molar-refractivity contribution in [3.8, 4) is 0 Å². The van der Waals surface area contributed by atoms with Crippen LogP contribution in [0.4, 0.5) is 0 Å². The van der Waals surface area contributed by atoms with Crippen LogP contribution in [0.15, 0.2) is 30.8 Å². The van der Waals surface area contributed by atoms with E-state index in [0.29, 0.717) is 6.54 Å². The van der Waals surface area contributed by atoms with Gasteiger partial charge in [-0.3, -0.25) is 4.79 Å². The van der Waals surface area contributed by atoms with Crippen LogP contribution in [0.3, 0.4) is 0 Å². The second-order valence-corrected chi connectivity index (χ2v) is 3.97. The molecule has 0 fully saturated rings. The van der Waals surface area contributed by atoms with Gasteiger partial charge in [-0.15, -0.1) is 0 Å². The van der Waals surface area contributed by atoms with Crippen LogP contribution in [0.5, 0.6) is 0 Å². The van der Waals surface area contributed by atoms with E-state index in [-0.39, 0.29) is 11.8 Å². The molecular formula is C14H19NO. The predicted octanol–water partition coefficient (Wildman–Crippen LogP) is 2.99. The van der Waals surface area contributed by atoms with Crippen molar-refractivity contribution in [1.29, 1.82) is 0 Å². The molecule has 1 aromatic carbocycles. The second-order valence-electron chi connectivity index (χ2n) is 3.97. The zero-order chi connectivity index (χ0) is 12.0. The fourth-order valence-corrected chi connectivity index (χ4v) is 1.32. The molecule has 0 aliphatic rings. The van der Waals surface area contributed by atoms with Gasteiger partial charge in [-0.25, -0.2) is 0 Å². The van der Waals surface area contributed by atoms with Crippen LogP contribution in [0, 0.1) is 5.92 Å². The van der Waals surface area contributed by atoms with Crippen LogP contribution in [-0.4, -0.2) is 5.91 Å². The van der Waals surface area contributed by atoms with Gasteiger partial charge in [0.05, 0.1) is 0 Å². The van der Waals surface area contributed by atoms with Crippen molar-refractivity contribution < 1.29 is 4.79 Å². The Labute approximate surface area is 97.4 Å². The molecule has 1 atom stereocenters. The van der Waals surface area contributed by atoms with Crippen LogP contribution in [0.25, 0.3) is 6.08 Å². The van der Waals surface area contributed by atoms with Gasteiger partial charge in [-0.2, -0.15) is 0 Å². The van der Waals surface area contributed by atoms with Crippen LogP contribution in [-0.2, 0) is 11.3 Å². The molecule has 0 bridgehead atoms. The lowest BCUT2D eigenvalue weighted by atomic mass is 10.1. The molecule has 0 saturated carbocycles. The Bertz CT molecular complexity index is 354. The molecule has 16 heavy (non-hydrogen) atoms. The van der Waals surface area contributed by atoms with Gasteiger partial charge in [0.2, 0.25) is 5.91 Å². The fourth-order valence-electron chi connectivity index (χ4n) is 1.32. The number of rotatable bonds is 5. The predicted molar refractivity (Wildman–Crippen MR) is 67.8 cm³/mol. The van der Waals surface area contributed by atoms with Gasteiger partial charge in [-0.05, 0) is 17.5 Å². The quantitative estimate of drug-likeness (QED) is 0.807. The summed E-state index contributed by atoms with van der Waals surface area (Å²) in [5.41, 5.74) is 2.21. The molecular weight excluding hydrogens is 198 g/mol. The first-order chi connectivity index (χ1) is 7.67. The lowest BCUT2D eigenvalue weighted by Crippen LogP contribution is -2.28. The third kappa shape index (κ3) is 3.54.